The Kier molecular flexibility index (Phi) is 4.71. The second kappa shape index (κ2) is 7.09. The number of carbonyl (C=O) groups is 1. The molecular weight excluding hydrogens is 296 g/mol. The van der Waals surface area contributed by atoms with Gasteiger partial charge in [0, 0.05) is 23.4 Å². The maximum Gasteiger partial charge on any atom is 0.228 e. The molecule has 1 N–H and O–H groups in total. The summed E-state index contributed by atoms with van der Waals surface area (Å²) in [6.07, 6.45) is 3.57. The zero-order valence-corrected chi connectivity index (χ0v) is 13.6. The van der Waals surface area contributed by atoms with Crippen molar-refractivity contribution in [3.8, 4) is 0 Å². The van der Waals surface area contributed by atoms with Gasteiger partial charge >= 0.3 is 0 Å². The number of anilines is 1. The molecule has 3 heteroatoms. The van der Waals surface area contributed by atoms with E-state index in [9.17, 15) is 4.79 Å². The first-order chi connectivity index (χ1) is 11.7. The molecule has 0 aliphatic carbocycles. The highest BCUT2D eigenvalue weighted by atomic mass is 16.1. The molecular formula is C21H20N2O. The number of carbonyl (C=O) groups excluding carboxylic acids is 1. The summed E-state index contributed by atoms with van der Waals surface area (Å²) in [4.78, 5) is 17.1. The fraction of sp³-hybridized carbons (Fsp3) is 0.143. The van der Waals surface area contributed by atoms with E-state index in [0.717, 1.165) is 22.2 Å². The molecule has 0 radical (unpaired) electrons. The number of hydrogen-bond donors (Lipinski definition) is 1. The molecule has 3 aromatic rings. The Morgan fingerprint density at radius 1 is 1.08 bits per heavy atom. The number of amides is 1. The fourth-order valence-corrected chi connectivity index (χ4v) is 2.92. The number of nitrogens with one attached hydrogen (secondary N) is 1. The quantitative estimate of drug-likeness (QED) is 0.688. The number of benzene rings is 2. The van der Waals surface area contributed by atoms with Crippen molar-refractivity contribution in [3.05, 3.63) is 85.1 Å². The predicted molar refractivity (Wildman–Crippen MR) is 98.9 cm³/mol. The van der Waals surface area contributed by atoms with Crippen LogP contribution in [0, 0.1) is 5.92 Å². The van der Waals surface area contributed by atoms with E-state index >= 15 is 0 Å². The third-order valence-corrected chi connectivity index (χ3v) is 4.28. The van der Waals surface area contributed by atoms with Crippen LogP contribution in [0.4, 0.5) is 5.69 Å². The Labute approximate surface area is 142 Å². The van der Waals surface area contributed by atoms with Gasteiger partial charge in [-0.25, -0.2) is 0 Å². The lowest BCUT2D eigenvalue weighted by atomic mass is 9.86. The van der Waals surface area contributed by atoms with Crippen LogP contribution in [0.5, 0.6) is 0 Å². The number of pyridine rings is 1. The minimum Gasteiger partial charge on any atom is -0.324 e. The molecule has 120 valence electrons. The fourth-order valence-electron chi connectivity index (χ4n) is 2.92. The largest absolute Gasteiger partial charge is 0.324 e. The van der Waals surface area contributed by atoms with Crippen molar-refractivity contribution in [2.45, 2.75) is 12.8 Å². The summed E-state index contributed by atoms with van der Waals surface area (Å²) in [5.74, 6) is -0.306. The van der Waals surface area contributed by atoms with E-state index in [-0.39, 0.29) is 17.7 Å². The summed E-state index contributed by atoms with van der Waals surface area (Å²) in [6, 6.07) is 19.6. The van der Waals surface area contributed by atoms with Crippen LogP contribution in [0.25, 0.3) is 10.9 Å². The number of fused-ring (bicyclic) bond motifs is 1. The second-order valence-corrected chi connectivity index (χ2v) is 5.83. The van der Waals surface area contributed by atoms with Crippen LogP contribution < -0.4 is 5.32 Å². The molecule has 1 aromatic heterocycles. The third kappa shape index (κ3) is 3.20. The first-order valence-corrected chi connectivity index (χ1v) is 8.03. The summed E-state index contributed by atoms with van der Waals surface area (Å²) >= 11 is 0. The van der Waals surface area contributed by atoms with Gasteiger partial charge in [-0.1, -0.05) is 61.5 Å². The molecule has 2 atom stereocenters. The molecule has 0 aliphatic rings. The summed E-state index contributed by atoms with van der Waals surface area (Å²) in [6.45, 7) is 5.83. The van der Waals surface area contributed by atoms with Gasteiger partial charge in [0.1, 0.15) is 0 Å². The summed E-state index contributed by atoms with van der Waals surface area (Å²) in [7, 11) is 0. The SMILES string of the molecule is C=C[C@@H](c1ccccc1)[C@@H](C)C(=O)Nc1cccc2cccnc12. The molecule has 0 saturated heterocycles. The molecule has 0 unspecified atom stereocenters. The van der Waals surface area contributed by atoms with E-state index in [0.29, 0.717) is 0 Å². The smallest absolute Gasteiger partial charge is 0.228 e. The zero-order chi connectivity index (χ0) is 16.9. The Morgan fingerprint density at radius 3 is 2.58 bits per heavy atom. The van der Waals surface area contributed by atoms with Crippen molar-refractivity contribution in [1.29, 1.82) is 0 Å². The molecule has 0 fully saturated rings. The third-order valence-electron chi connectivity index (χ3n) is 4.28. The maximum absolute atomic E-state index is 12.7. The molecule has 2 aromatic carbocycles. The van der Waals surface area contributed by atoms with Crippen molar-refractivity contribution in [3.63, 3.8) is 0 Å². The van der Waals surface area contributed by atoms with Crippen molar-refractivity contribution in [1.82, 2.24) is 4.98 Å². The van der Waals surface area contributed by atoms with Crippen LogP contribution in [0.1, 0.15) is 18.4 Å². The molecule has 0 saturated carbocycles. The highest BCUT2D eigenvalue weighted by molar-refractivity contribution is 6.01. The van der Waals surface area contributed by atoms with E-state index in [4.69, 9.17) is 0 Å². The van der Waals surface area contributed by atoms with Gasteiger partial charge in [0.2, 0.25) is 5.91 Å². The number of para-hydroxylation sites is 1. The van der Waals surface area contributed by atoms with E-state index < -0.39 is 0 Å². The molecule has 1 heterocycles. The highest BCUT2D eigenvalue weighted by Gasteiger charge is 2.23. The van der Waals surface area contributed by atoms with Crippen molar-refractivity contribution in [2.24, 2.45) is 5.92 Å². The Balaban J connectivity index is 1.84. The van der Waals surface area contributed by atoms with Crippen molar-refractivity contribution in [2.75, 3.05) is 5.32 Å². The Bertz CT molecular complexity index is 853. The molecule has 1 amide bonds. The average Bonchev–Trinajstić information content (AvgIpc) is 2.63. The molecule has 0 spiro atoms. The lowest BCUT2D eigenvalue weighted by molar-refractivity contribution is -0.119. The van der Waals surface area contributed by atoms with Gasteiger partial charge in [-0.3, -0.25) is 9.78 Å². The lowest BCUT2D eigenvalue weighted by Gasteiger charge is -2.21. The van der Waals surface area contributed by atoms with Crippen molar-refractivity contribution >= 4 is 22.5 Å². The van der Waals surface area contributed by atoms with Crippen LogP contribution >= 0.6 is 0 Å². The van der Waals surface area contributed by atoms with E-state index in [1.54, 1.807) is 6.20 Å². The van der Waals surface area contributed by atoms with E-state index in [1.165, 1.54) is 0 Å². The molecule has 24 heavy (non-hydrogen) atoms. The summed E-state index contributed by atoms with van der Waals surface area (Å²) < 4.78 is 0. The zero-order valence-electron chi connectivity index (χ0n) is 13.6. The monoisotopic (exact) mass is 316 g/mol. The summed E-state index contributed by atoms with van der Waals surface area (Å²) in [5, 5.41) is 4.03. The van der Waals surface area contributed by atoms with E-state index in [2.05, 4.69) is 16.9 Å². The molecule has 0 bridgehead atoms. The second-order valence-electron chi connectivity index (χ2n) is 5.83. The summed E-state index contributed by atoms with van der Waals surface area (Å²) in [5.41, 5.74) is 2.63. The first kappa shape index (κ1) is 15.9. The highest BCUT2D eigenvalue weighted by Crippen LogP contribution is 2.28. The normalized spacial score (nSPS) is 13.2. The number of rotatable bonds is 5. The Hall–Kier alpha value is -2.94. The minimum absolute atomic E-state index is 0.0332. The Morgan fingerprint density at radius 2 is 1.83 bits per heavy atom. The standard InChI is InChI=1S/C21H20N2O/c1-3-18(16-9-5-4-6-10-16)15(2)21(24)23-19-13-7-11-17-12-8-14-22-20(17)19/h3-15,18H,1H2,2H3,(H,23,24)/t15-,18-/m1/s1. The van der Waals surface area contributed by atoms with Gasteiger partial charge in [0.15, 0.2) is 0 Å². The topological polar surface area (TPSA) is 42.0 Å². The molecule has 3 rings (SSSR count). The average molecular weight is 316 g/mol. The van der Waals surface area contributed by atoms with Gasteiger partial charge in [0.25, 0.3) is 0 Å². The molecule has 0 aliphatic heterocycles. The van der Waals surface area contributed by atoms with E-state index in [1.807, 2.05) is 73.7 Å². The van der Waals surface area contributed by atoms with Crippen LogP contribution in [-0.2, 0) is 4.79 Å². The van der Waals surface area contributed by atoms with Gasteiger partial charge in [-0.15, -0.1) is 6.58 Å². The van der Waals surface area contributed by atoms with Crippen LogP contribution in [0.15, 0.2) is 79.5 Å². The number of aromatic nitrogens is 1. The number of hydrogen-bond acceptors (Lipinski definition) is 2. The van der Waals surface area contributed by atoms with Gasteiger partial charge in [0.05, 0.1) is 11.2 Å². The maximum atomic E-state index is 12.7. The minimum atomic E-state index is -0.233. The first-order valence-electron chi connectivity index (χ1n) is 8.03. The number of nitrogens with zero attached hydrogens (tertiary/aromatic N) is 1. The van der Waals surface area contributed by atoms with Crippen LogP contribution in [0.3, 0.4) is 0 Å². The lowest BCUT2D eigenvalue weighted by Crippen LogP contribution is -2.25. The molecule has 3 nitrogen and oxygen atoms in total. The van der Waals surface area contributed by atoms with Crippen LogP contribution in [0.2, 0.25) is 0 Å². The van der Waals surface area contributed by atoms with Gasteiger partial charge in [-0.2, -0.15) is 0 Å². The van der Waals surface area contributed by atoms with Gasteiger partial charge < -0.3 is 5.32 Å². The van der Waals surface area contributed by atoms with Gasteiger partial charge in [-0.05, 0) is 17.7 Å². The van der Waals surface area contributed by atoms with Crippen molar-refractivity contribution < 1.29 is 4.79 Å². The predicted octanol–water partition coefficient (Wildman–Crippen LogP) is 4.78. The van der Waals surface area contributed by atoms with Crippen LogP contribution in [-0.4, -0.2) is 10.9 Å². The number of allylic oxidation sites excluding steroid dienone is 1.